The molecule has 0 spiro atoms. The van der Waals surface area contributed by atoms with Crippen LogP contribution in [-0.4, -0.2) is 26.3 Å². The van der Waals surface area contributed by atoms with Gasteiger partial charge in [-0.15, -0.1) is 0 Å². The van der Waals surface area contributed by atoms with E-state index in [0.717, 1.165) is 24.0 Å². The molecule has 0 amide bonds. The Morgan fingerprint density at radius 3 is 2.29 bits per heavy atom. The van der Waals surface area contributed by atoms with Crippen molar-refractivity contribution < 1.29 is 8.42 Å². The number of hydrogen-bond donors (Lipinski definition) is 1. The van der Waals surface area contributed by atoms with Crippen LogP contribution in [0, 0.1) is 5.92 Å². The van der Waals surface area contributed by atoms with E-state index in [-0.39, 0.29) is 0 Å². The van der Waals surface area contributed by atoms with Crippen molar-refractivity contribution in [1.29, 1.82) is 0 Å². The van der Waals surface area contributed by atoms with Crippen LogP contribution in [0.3, 0.4) is 0 Å². The van der Waals surface area contributed by atoms with Crippen molar-refractivity contribution in [2.24, 2.45) is 5.92 Å². The summed E-state index contributed by atoms with van der Waals surface area (Å²) >= 11 is 0. The molecule has 0 fully saturated rings. The van der Waals surface area contributed by atoms with Gasteiger partial charge in [-0.1, -0.05) is 27.7 Å². The first-order valence-corrected chi connectivity index (χ1v) is 9.05. The number of benzene rings is 1. The van der Waals surface area contributed by atoms with Gasteiger partial charge in [-0.05, 0) is 48.4 Å². The number of rotatable bonds is 7. The Kier molecular flexibility index (Phi) is 6.23. The minimum Gasteiger partial charge on any atom is -0.398 e. The summed E-state index contributed by atoms with van der Waals surface area (Å²) in [5.41, 5.74) is 8.31. The third-order valence-electron chi connectivity index (χ3n) is 3.77. The Hall–Kier alpha value is -1.07. The second-order valence-electron chi connectivity index (χ2n) is 5.88. The highest BCUT2D eigenvalue weighted by Gasteiger charge is 2.25. The quantitative estimate of drug-likeness (QED) is 0.787. The number of aryl methyl sites for hydroxylation is 1. The van der Waals surface area contributed by atoms with Gasteiger partial charge in [0.25, 0.3) is 0 Å². The first kappa shape index (κ1) is 18.0. The summed E-state index contributed by atoms with van der Waals surface area (Å²) < 4.78 is 27.1. The van der Waals surface area contributed by atoms with Crippen molar-refractivity contribution >= 4 is 15.7 Å². The lowest BCUT2D eigenvalue weighted by molar-refractivity contribution is 0.427. The van der Waals surface area contributed by atoms with Crippen molar-refractivity contribution in [3.05, 3.63) is 23.3 Å². The molecule has 0 radical (unpaired) electrons. The van der Waals surface area contributed by atoms with Crippen LogP contribution in [0.1, 0.15) is 45.2 Å². The van der Waals surface area contributed by atoms with Crippen molar-refractivity contribution in [3.8, 4) is 0 Å². The molecular weight excluding hydrogens is 284 g/mol. The maximum absolute atomic E-state index is 12.8. The number of nitrogens with two attached hydrogens (primary N) is 1. The van der Waals surface area contributed by atoms with E-state index in [4.69, 9.17) is 5.73 Å². The summed E-state index contributed by atoms with van der Waals surface area (Å²) in [5.74, 6) is 0.473. The second kappa shape index (κ2) is 7.27. The van der Waals surface area contributed by atoms with E-state index in [1.54, 1.807) is 13.1 Å². The minimum absolute atomic E-state index is 0.369. The van der Waals surface area contributed by atoms with Gasteiger partial charge in [0.1, 0.15) is 0 Å². The molecule has 2 N–H and O–H groups in total. The molecule has 4 nitrogen and oxygen atoms in total. The smallest absolute Gasteiger partial charge is 0.243 e. The number of hydrogen-bond acceptors (Lipinski definition) is 3. The van der Waals surface area contributed by atoms with Gasteiger partial charge in [-0.3, -0.25) is 0 Å². The normalized spacial score (nSPS) is 12.3. The number of nitrogen functional groups attached to an aromatic ring is 1. The molecule has 0 bridgehead atoms. The Morgan fingerprint density at radius 1 is 1.19 bits per heavy atom. The third kappa shape index (κ3) is 4.20. The molecule has 1 rings (SSSR count). The molecule has 21 heavy (non-hydrogen) atoms. The van der Waals surface area contributed by atoms with Crippen LogP contribution in [0.15, 0.2) is 17.0 Å². The van der Waals surface area contributed by atoms with Crippen molar-refractivity contribution in [2.75, 3.05) is 19.3 Å². The van der Waals surface area contributed by atoms with Crippen molar-refractivity contribution in [1.82, 2.24) is 4.31 Å². The molecule has 5 heteroatoms. The lowest BCUT2D eigenvalue weighted by Gasteiger charge is -2.21. The van der Waals surface area contributed by atoms with Gasteiger partial charge >= 0.3 is 0 Å². The molecule has 0 aliphatic carbocycles. The molecule has 0 aliphatic heterocycles. The highest BCUT2D eigenvalue weighted by atomic mass is 32.2. The van der Waals surface area contributed by atoms with Gasteiger partial charge in [-0.2, -0.15) is 0 Å². The van der Waals surface area contributed by atoms with Crippen LogP contribution in [-0.2, 0) is 22.9 Å². The molecular formula is C16H28N2O2S. The van der Waals surface area contributed by atoms with Gasteiger partial charge in [-0.25, -0.2) is 12.7 Å². The summed E-state index contributed by atoms with van der Waals surface area (Å²) in [5, 5.41) is 0. The van der Waals surface area contributed by atoms with Crippen LogP contribution < -0.4 is 5.73 Å². The fraction of sp³-hybridized carbons (Fsp3) is 0.625. The first-order valence-electron chi connectivity index (χ1n) is 7.61. The van der Waals surface area contributed by atoms with Crippen LogP contribution >= 0.6 is 0 Å². The number of anilines is 1. The lowest BCUT2D eigenvalue weighted by Crippen LogP contribution is -2.29. The summed E-state index contributed by atoms with van der Waals surface area (Å²) in [4.78, 5) is 0.369. The van der Waals surface area contributed by atoms with Crippen LogP contribution in [0.2, 0.25) is 0 Å². The summed E-state index contributed by atoms with van der Waals surface area (Å²) in [6, 6.07) is 3.66. The molecule has 120 valence electrons. The molecule has 0 saturated heterocycles. The first-order chi connectivity index (χ1) is 9.73. The topological polar surface area (TPSA) is 63.4 Å². The summed E-state index contributed by atoms with van der Waals surface area (Å²) in [6.45, 7) is 8.64. The monoisotopic (exact) mass is 312 g/mol. The average molecular weight is 312 g/mol. The van der Waals surface area contributed by atoms with E-state index in [9.17, 15) is 8.42 Å². The Bertz CT molecular complexity index is 580. The van der Waals surface area contributed by atoms with Gasteiger partial charge in [0.2, 0.25) is 10.0 Å². The molecule has 1 aromatic carbocycles. The molecule has 0 atom stereocenters. The largest absolute Gasteiger partial charge is 0.398 e. The van der Waals surface area contributed by atoms with E-state index in [0.29, 0.717) is 29.5 Å². The van der Waals surface area contributed by atoms with Crippen LogP contribution in [0.25, 0.3) is 0 Å². The maximum atomic E-state index is 12.8. The van der Waals surface area contributed by atoms with Crippen molar-refractivity contribution in [3.63, 3.8) is 0 Å². The average Bonchev–Trinajstić information content (AvgIpc) is 2.43. The SMILES string of the molecule is CCc1cc(N)c(CC)c(S(=O)(=O)N(C)CCC(C)C)c1. The Balaban J connectivity index is 3.26. The molecule has 0 heterocycles. The fourth-order valence-corrected chi connectivity index (χ4v) is 3.82. The van der Waals surface area contributed by atoms with Crippen LogP contribution in [0.4, 0.5) is 5.69 Å². The zero-order chi connectivity index (χ0) is 16.2. The number of nitrogens with zero attached hydrogens (tertiary/aromatic N) is 1. The zero-order valence-electron chi connectivity index (χ0n) is 13.8. The highest BCUT2D eigenvalue weighted by molar-refractivity contribution is 7.89. The van der Waals surface area contributed by atoms with E-state index < -0.39 is 10.0 Å². The molecule has 0 unspecified atom stereocenters. The van der Waals surface area contributed by atoms with Gasteiger partial charge in [0.15, 0.2) is 0 Å². The Morgan fingerprint density at radius 2 is 1.81 bits per heavy atom. The van der Waals surface area contributed by atoms with Gasteiger partial charge < -0.3 is 5.73 Å². The van der Waals surface area contributed by atoms with Crippen molar-refractivity contribution in [2.45, 2.75) is 51.9 Å². The molecule has 1 aromatic rings. The highest BCUT2D eigenvalue weighted by Crippen LogP contribution is 2.27. The second-order valence-corrected chi connectivity index (χ2v) is 7.89. The van der Waals surface area contributed by atoms with E-state index in [1.165, 1.54) is 4.31 Å². The van der Waals surface area contributed by atoms with E-state index in [2.05, 4.69) is 13.8 Å². The van der Waals surface area contributed by atoms with Gasteiger partial charge in [0.05, 0.1) is 4.90 Å². The molecule has 0 aliphatic rings. The minimum atomic E-state index is -3.48. The standard InChI is InChI=1S/C16H28N2O2S/c1-6-13-10-15(17)14(7-2)16(11-13)21(19,20)18(5)9-8-12(3)4/h10-12H,6-9,17H2,1-5H3. The zero-order valence-corrected chi connectivity index (χ0v) is 14.6. The predicted octanol–water partition coefficient (Wildman–Crippen LogP) is 3.06. The maximum Gasteiger partial charge on any atom is 0.243 e. The van der Waals surface area contributed by atoms with E-state index >= 15 is 0 Å². The van der Waals surface area contributed by atoms with E-state index in [1.807, 2.05) is 19.9 Å². The summed E-state index contributed by atoms with van der Waals surface area (Å²) in [7, 11) is -1.83. The molecule has 0 aromatic heterocycles. The van der Waals surface area contributed by atoms with Gasteiger partial charge in [0, 0.05) is 19.3 Å². The third-order valence-corrected chi connectivity index (χ3v) is 5.70. The fourth-order valence-electron chi connectivity index (χ4n) is 2.27. The predicted molar refractivity (Wildman–Crippen MR) is 88.9 cm³/mol. The summed E-state index contributed by atoms with van der Waals surface area (Å²) in [6.07, 6.45) is 2.23. The number of sulfonamides is 1. The van der Waals surface area contributed by atoms with Crippen LogP contribution in [0.5, 0.6) is 0 Å². The molecule has 0 saturated carbocycles. The Labute approximate surface area is 129 Å². The lowest BCUT2D eigenvalue weighted by atomic mass is 10.1.